The fourth-order valence-electron chi connectivity index (χ4n) is 7.51. The monoisotopic (exact) mass is 589 g/mol. The van der Waals surface area contributed by atoms with Gasteiger partial charge in [-0.15, -0.1) is 0 Å². The van der Waals surface area contributed by atoms with Gasteiger partial charge in [-0.3, -0.25) is 14.4 Å². The zero-order valence-electron chi connectivity index (χ0n) is 24.1. The molecule has 6 atom stereocenters. The highest BCUT2D eigenvalue weighted by atomic mass is 35.5. The zero-order valence-corrected chi connectivity index (χ0v) is 24.8. The van der Waals surface area contributed by atoms with Crippen molar-refractivity contribution in [2.75, 3.05) is 31.1 Å². The Hall–Kier alpha value is -3.46. The molecule has 2 saturated heterocycles. The Morgan fingerprint density at radius 1 is 0.976 bits per heavy atom. The molecule has 2 aromatic carbocycles. The van der Waals surface area contributed by atoms with E-state index in [2.05, 4.69) is 0 Å². The minimum atomic E-state index is -1.44. The molecule has 8 nitrogen and oxygen atoms in total. The molecule has 42 heavy (non-hydrogen) atoms. The van der Waals surface area contributed by atoms with Crippen LogP contribution in [0.5, 0.6) is 0 Å². The number of rotatable bonds is 6. The van der Waals surface area contributed by atoms with Crippen LogP contribution >= 0.6 is 11.6 Å². The first-order valence-electron chi connectivity index (χ1n) is 14.6. The second-order valence-corrected chi connectivity index (χ2v) is 12.2. The molecule has 1 spiro atoms. The highest BCUT2D eigenvalue weighted by Gasteiger charge is 2.75. The summed E-state index contributed by atoms with van der Waals surface area (Å²) >= 11 is 6.66. The van der Waals surface area contributed by atoms with E-state index < -0.39 is 41.7 Å². The Balaban J connectivity index is 1.55. The number of fused-ring (bicyclic) bond motifs is 2. The Labute approximate surface area is 251 Å². The van der Waals surface area contributed by atoms with Crippen LogP contribution in [0.2, 0.25) is 5.02 Å². The lowest BCUT2D eigenvalue weighted by molar-refractivity contribution is -0.151. The fourth-order valence-corrected chi connectivity index (χ4v) is 7.84. The van der Waals surface area contributed by atoms with Gasteiger partial charge in [0.05, 0.1) is 40.8 Å². The number of nitrogens with zero attached hydrogens (tertiary/aromatic N) is 3. The predicted molar refractivity (Wildman–Crippen MR) is 160 cm³/mol. The molecule has 4 heterocycles. The van der Waals surface area contributed by atoms with Crippen LogP contribution in [0.4, 0.5) is 5.69 Å². The largest absolute Gasteiger partial charge is 0.394 e. The first kappa shape index (κ1) is 28.6. The number of likely N-dealkylation sites (tertiary alicyclic amines) is 1. The van der Waals surface area contributed by atoms with Crippen LogP contribution in [-0.2, 0) is 19.1 Å². The summed E-state index contributed by atoms with van der Waals surface area (Å²) in [6.45, 7) is 6.52. The van der Waals surface area contributed by atoms with Crippen LogP contribution in [0, 0.1) is 18.8 Å². The standard InChI is InChI=1S/C33H36ClN3O5/c1-4-17-35-18-9-15-32(3)25(29(35)39)26-30(40)37(24(20-38)22-12-6-5-7-13-22)28-31(41)36(19-10-16-33(26,28)42-32)27-21(2)11-8-14-23(27)34/h5-16,24-26,28,38H,4,17-20H2,1-3H3/t24-,25+,26+,28?,32-,33+/m1/s1. The van der Waals surface area contributed by atoms with E-state index in [0.29, 0.717) is 29.4 Å². The number of aliphatic hydroxyl groups is 1. The minimum Gasteiger partial charge on any atom is -0.394 e. The molecule has 0 aromatic heterocycles. The van der Waals surface area contributed by atoms with Gasteiger partial charge in [0, 0.05) is 19.6 Å². The Morgan fingerprint density at radius 2 is 1.71 bits per heavy atom. The molecule has 0 aliphatic carbocycles. The van der Waals surface area contributed by atoms with E-state index in [1.54, 1.807) is 15.9 Å². The number of halogens is 1. The normalized spacial score (nSPS) is 31.1. The molecule has 4 aliphatic heterocycles. The molecule has 1 N–H and O–H groups in total. The summed E-state index contributed by atoms with van der Waals surface area (Å²) in [4.78, 5) is 48.7. The topological polar surface area (TPSA) is 90.4 Å². The van der Waals surface area contributed by atoms with Crippen molar-refractivity contribution in [3.63, 3.8) is 0 Å². The molecule has 6 rings (SSSR count). The van der Waals surface area contributed by atoms with E-state index in [0.717, 1.165) is 12.0 Å². The van der Waals surface area contributed by atoms with Crippen molar-refractivity contribution in [3.8, 4) is 0 Å². The number of ether oxygens (including phenoxy) is 1. The lowest BCUT2D eigenvalue weighted by atomic mass is 9.74. The van der Waals surface area contributed by atoms with E-state index in [9.17, 15) is 19.5 Å². The Morgan fingerprint density at radius 3 is 2.40 bits per heavy atom. The second kappa shape index (κ2) is 10.7. The van der Waals surface area contributed by atoms with Gasteiger partial charge in [0.25, 0.3) is 5.91 Å². The van der Waals surface area contributed by atoms with Crippen LogP contribution in [0.25, 0.3) is 0 Å². The Kier molecular flexibility index (Phi) is 7.28. The SMILES string of the molecule is CCCN1CC=C[C@@]2(C)O[C@]34C=CCN(c5c(C)cccc5Cl)C(=O)C3N([C@H](CO)c3ccccc3)C(=O)[C@@H]4[C@H]2C1=O. The molecule has 0 saturated carbocycles. The van der Waals surface area contributed by atoms with Crippen molar-refractivity contribution in [3.05, 3.63) is 89.0 Å². The van der Waals surface area contributed by atoms with E-state index in [1.165, 1.54) is 4.90 Å². The Bertz CT molecular complexity index is 1460. The molecule has 2 fully saturated rings. The smallest absolute Gasteiger partial charge is 0.253 e. The number of hydrogen-bond donors (Lipinski definition) is 1. The van der Waals surface area contributed by atoms with Crippen LogP contribution in [0.1, 0.15) is 37.4 Å². The van der Waals surface area contributed by atoms with Gasteiger partial charge in [-0.25, -0.2) is 0 Å². The van der Waals surface area contributed by atoms with Gasteiger partial charge in [-0.05, 0) is 37.5 Å². The average Bonchev–Trinajstić information content (AvgIpc) is 3.24. The highest BCUT2D eigenvalue weighted by molar-refractivity contribution is 6.34. The quantitative estimate of drug-likeness (QED) is 0.513. The van der Waals surface area contributed by atoms with E-state index >= 15 is 0 Å². The molecule has 1 unspecified atom stereocenters. The van der Waals surface area contributed by atoms with Crippen LogP contribution in [-0.4, -0.2) is 76.1 Å². The molecule has 4 aliphatic rings. The van der Waals surface area contributed by atoms with E-state index in [4.69, 9.17) is 16.3 Å². The van der Waals surface area contributed by atoms with Crippen LogP contribution < -0.4 is 4.90 Å². The highest BCUT2D eigenvalue weighted by Crippen LogP contribution is 2.59. The summed E-state index contributed by atoms with van der Waals surface area (Å²) in [5.41, 5.74) is -0.481. The summed E-state index contributed by atoms with van der Waals surface area (Å²) < 4.78 is 6.93. The van der Waals surface area contributed by atoms with Gasteiger partial charge in [0.2, 0.25) is 11.8 Å². The second-order valence-electron chi connectivity index (χ2n) is 11.8. The maximum absolute atomic E-state index is 14.9. The molecular formula is C33H36ClN3O5. The number of anilines is 1. The van der Waals surface area contributed by atoms with Crippen LogP contribution in [0.3, 0.4) is 0 Å². The third-order valence-electron chi connectivity index (χ3n) is 9.22. The average molecular weight is 590 g/mol. The van der Waals surface area contributed by atoms with Crippen molar-refractivity contribution in [2.24, 2.45) is 11.8 Å². The van der Waals surface area contributed by atoms with E-state index in [1.807, 2.05) is 87.5 Å². The number of amides is 3. The van der Waals surface area contributed by atoms with Crippen molar-refractivity contribution in [1.82, 2.24) is 9.80 Å². The zero-order chi connectivity index (χ0) is 29.8. The first-order valence-corrected chi connectivity index (χ1v) is 14.9. The fraction of sp³-hybridized carbons (Fsp3) is 0.424. The van der Waals surface area contributed by atoms with Crippen molar-refractivity contribution in [1.29, 1.82) is 0 Å². The van der Waals surface area contributed by atoms with E-state index in [-0.39, 0.29) is 24.3 Å². The number of para-hydroxylation sites is 1. The van der Waals surface area contributed by atoms with Crippen molar-refractivity contribution in [2.45, 2.75) is 50.5 Å². The van der Waals surface area contributed by atoms with Crippen molar-refractivity contribution < 1.29 is 24.2 Å². The predicted octanol–water partition coefficient (Wildman–Crippen LogP) is 4.06. The summed E-state index contributed by atoms with van der Waals surface area (Å²) in [5.74, 6) is -2.73. The molecular weight excluding hydrogens is 554 g/mol. The number of carbonyl (C=O) groups is 3. The molecule has 220 valence electrons. The summed E-state index contributed by atoms with van der Waals surface area (Å²) in [6.07, 6.45) is 8.23. The number of aliphatic hydroxyl groups excluding tert-OH is 1. The molecule has 9 heteroatoms. The van der Waals surface area contributed by atoms with Gasteiger partial charge in [-0.2, -0.15) is 0 Å². The van der Waals surface area contributed by atoms with Crippen LogP contribution in [0.15, 0.2) is 72.8 Å². The number of hydrogen-bond acceptors (Lipinski definition) is 5. The first-order chi connectivity index (χ1) is 20.2. The van der Waals surface area contributed by atoms with Gasteiger partial charge in [-0.1, -0.05) is 85.3 Å². The van der Waals surface area contributed by atoms with Crippen molar-refractivity contribution >= 4 is 35.0 Å². The van der Waals surface area contributed by atoms with Gasteiger partial charge in [0.15, 0.2) is 0 Å². The third-order valence-corrected chi connectivity index (χ3v) is 9.53. The summed E-state index contributed by atoms with van der Waals surface area (Å²) in [6, 6.07) is 12.7. The molecule has 0 bridgehead atoms. The summed E-state index contributed by atoms with van der Waals surface area (Å²) in [7, 11) is 0. The van der Waals surface area contributed by atoms with Gasteiger partial charge >= 0.3 is 0 Å². The lowest BCUT2D eigenvalue weighted by Crippen LogP contribution is -2.57. The summed E-state index contributed by atoms with van der Waals surface area (Å²) in [5, 5.41) is 11.2. The molecule has 2 aromatic rings. The maximum atomic E-state index is 14.9. The van der Waals surface area contributed by atoms with Gasteiger partial charge < -0.3 is 24.5 Å². The third kappa shape index (κ3) is 4.14. The number of carbonyl (C=O) groups excluding carboxylic acids is 3. The molecule has 0 radical (unpaired) electrons. The number of aryl methyl sites for hydroxylation is 1. The lowest BCUT2D eigenvalue weighted by Gasteiger charge is -2.40. The molecule has 3 amide bonds. The maximum Gasteiger partial charge on any atom is 0.253 e. The minimum absolute atomic E-state index is 0.163. The van der Waals surface area contributed by atoms with Gasteiger partial charge in [0.1, 0.15) is 11.6 Å². The number of benzene rings is 2.